The van der Waals surface area contributed by atoms with Crippen molar-refractivity contribution in [1.29, 1.82) is 0 Å². The van der Waals surface area contributed by atoms with Gasteiger partial charge in [-0.25, -0.2) is 0 Å². The summed E-state index contributed by atoms with van der Waals surface area (Å²) in [6.07, 6.45) is 14.3. The number of aliphatic hydroxyl groups is 1. The predicted molar refractivity (Wildman–Crippen MR) is 90.4 cm³/mol. The van der Waals surface area contributed by atoms with E-state index in [4.69, 9.17) is 0 Å². The topological polar surface area (TPSA) is 32.3 Å². The van der Waals surface area contributed by atoms with Gasteiger partial charge >= 0.3 is 0 Å². The van der Waals surface area contributed by atoms with Gasteiger partial charge in [0, 0.05) is 6.04 Å². The summed E-state index contributed by atoms with van der Waals surface area (Å²) >= 11 is 0. The van der Waals surface area contributed by atoms with Crippen LogP contribution in [0, 0.1) is 17.8 Å². The fourth-order valence-corrected chi connectivity index (χ4v) is 4.41. The molecule has 21 heavy (non-hydrogen) atoms. The highest BCUT2D eigenvalue weighted by Gasteiger charge is 2.31. The molecule has 0 amide bonds. The third-order valence-electron chi connectivity index (χ3n) is 5.93. The second kappa shape index (κ2) is 9.15. The van der Waals surface area contributed by atoms with Crippen molar-refractivity contribution >= 4 is 0 Å². The van der Waals surface area contributed by atoms with Crippen molar-refractivity contribution < 1.29 is 5.11 Å². The highest BCUT2D eigenvalue weighted by molar-refractivity contribution is 4.86. The molecule has 0 spiro atoms. The third-order valence-corrected chi connectivity index (χ3v) is 5.93. The molecular weight excluding hydrogens is 258 g/mol. The van der Waals surface area contributed by atoms with Crippen molar-refractivity contribution in [2.75, 3.05) is 6.54 Å². The lowest BCUT2D eigenvalue weighted by Crippen LogP contribution is -2.46. The number of hydrogen-bond acceptors (Lipinski definition) is 2. The molecule has 0 aromatic heterocycles. The number of piperidine rings is 1. The van der Waals surface area contributed by atoms with Crippen LogP contribution >= 0.6 is 0 Å². The van der Waals surface area contributed by atoms with Gasteiger partial charge in [0.1, 0.15) is 0 Å². The van der Waals surface area contributed by atoms with E-state index in [0.717, 1.165) is 18.9 Å². The Balaban J connectivity index is 1.87. The summed E-state index contributed by atoms with van der Waals surface area (Å²) < 4.78 is 0. The Bertz CT molecular complexity index is 271. The summed E-state index contributed by atoms with van der Waals surface area (Å²) in [4.78, 5) is 0. The van der Waals surface area contributed by atoms with Gasteiger partial charge in [0.05, 0.1) is 6.10 Å². The fraction of sp³-hybridized carbons (Fsp3) is 1.00. The van der Waals surface area contributed by atoms with Crippen molar-refractivity contribution in [3.8, 4) is 0 Å². The minimum atomic E-state index is -0.0505. The molecule has 2 nitrogen and oxygen atoms in total. The summed E-state index contributed by atoms with van der Waals surface area (Å²) in [7, 11) is 0. The Labute approximate surface area is 132 Å². The summed E-state index contributed by atoms with van der Waals surface area (Å²) in [5.74, 6) is 1.99. The smallest absolute Gasteiger partial charge is 0.0571 e. The maximum absolute atomic E-state index is 10.7. The molecule has 0 aromatic carbocycles. The van der Waals surface area contributed by atoms with Crippen molar-refractivity contribution in [2.24, 2.45) is 17.8 Å². The van der Waals surface area contributed by atoms with Gasteiger partial charge < -0.3 is 10.4 Å². The zero-order valence-electron chi connectivity index (χ0n) is 14.3. The highest BCUT2D eigenvalue weighted by atomic mass is 16.3. The number of nitrogens with one attached hydrogen (secondary N) is 1. The van der Waals surface area contributed by atoms with Crippen LogP contribution in [0.25, 0.3) is 0 Å². The zero-order valence-corrected chi connectivity index (χ0v) is 14.3. The van der Waals surface area contributed by atoms with Crippen LogP contribution in [-0.2, 0) is 0 Å². The van der Waals surface area contributed by atoms with Crippen LogP contribution < -0.4 is 5.32 Å². The second-order valence-corrected chi connectivity index (χ2v) is 7.88. The Morgan fingerprint density at radius 2 is 1.43 bits per heavy atom. The van der Waals surface area contributed by atoms with E-state index in [-0.39, 0.29) is 6.10 Å². The van der Waals surface area contributed by atoms with Crippen molar-refractivity contribution in [3.63, 3.8) is 0 Å². The van der Waals surface area contributed by atoms with Crippen LogP contribution in [0.5, 0.6) is 0 Å². The Hall–Kier alpha value is -0.0800. The minimum absolute atomic E-state index is 0.0505. The average molecular weight is 296 g/mol. The SMILES string of the molecule is CC(C)C1CCC(C2CCCCCCCCCC2O)CN1. The molecule has 0 bridgehead atoms. The van der Waals surface area contributed by atoms with Crippen molar-refractivity contribution in [1.82, 2.24) is 5.32 Å². The molecule has 2 heteroatoms. The number of rotatable bonds is 2. The van der Waals surface area contributed by atoms with E-state index < -0.39 is 0 Å². The summed E-state index contributed by atoms with van der Waals surface area (Å²) in [6, 6.07) is 0.695. The summed E-state index contributed by atoms with van der Waals surface area (Å²) in [5.41, 5.74) is 0. The van der Waals surface area contributed by atoms with E-state index in [1.807, 2.05) is 0 Å². The van der Waals surface area contributed by atoms with Gasteiger partial charge in [-0.2, -0.15) is 0 Å². The molecule has 0 aromatic rings. The Morgan fingerprint density at radius 1 is 0.810 bits per heavy atom. The Morgan fingerprint density at radius 3 is 2.00 bits per heavy atom. The normalized spacial score (nSPS) is 37.1. The van der Waals surface area contributed by atoms with Gasteiger partial charge in [-0.3, -0.25) is 0 Å². The number of hydrogen-bond donors (Lipinski definition) is 2. The molecule has 2 rings (SSSR count). The van der Waals surface area contributed by atoms with Gasteiger partial charge in [-0.05, 0) is 50.0 Å². The molecule has 1 aliphatic carbocycles. The summed E-state index contributed by atoms with van der Waals surface area (Å²) in [5, 5.41) is 14.4. The molecule has 2 N–H and O–H groups in total. The first-order chi connectivity index (χ1) is 10.2. The molecule has 1 aliphatic heterocycles. The monoisotopic (exact) mass is 295 g/mol. The fourth-order valence-electron chi connectivity index (χ4n) is 4.41. The predicted octanol–water partition coefficient (Wildman–Crippen LogP) is 4.51. The van der Waals surface area contributed by atoms with E-state index in [1.54, 1.807) is 0 Å². The molecule has 4 unspecified atom stereocenters. The maximum Gasteiger partial charge on any atom is 0.0571 e. The lowest BCUT2D eigenvalue weighted by atomic mass is 9.76. The van der Waals surface area contributed by atoms with Crippen molar-refractivity contribution in [3.05, 3.63) is 0 Å². The molecule has 1 saturated heterocycles. The molecule has 1 heterocycles. The quantitative estimate of drug-likeness (QED) is 0.785. The number of aliphatic hydroxyl groups excluding tert-OH is 1. The first-order valence-electron chi connectivity index (χ1n) is 9.60. The molecule has 2 fully saturated rings. The molecule has 4 atom stereocenters. The Kier molecular flexibility index (Phi) is 7.53. The third kappa shape index (κ3) is 5.56. The van der Waals surface area contributed by atoms with Gasteiger partial charge in [-0.1, -0.05) is 58.8 Å². The molecular formula is C19H37NO. The van der Waals surface area contributed by atoms with E-state index >= 15 is 0 Å². The zero-order chi connectivity index (χ0) is 15.1. The molecule has 1 saturated carbocycles. The van der Waals surface area contributed by atoms with Crippen LogP contribution in [0.4, 0.5) is 0 Å². The maximum atomic E-state index is 10.7. The van der Waals surface area contributed by atoms with E-state index in [0.29, 0.717) is 17.9 Å². The van der Waals surface area contributed by atoms with Crippen LogP contribution in [0.15, 0.2) is 0 Å². The molecule has 2 aliphatic rings. The van der Waals surface area contributed by atoms with E-state index in [9.17, 15) is 5.11 Å². The van der Waals surface area contributed by atoms with Crippen LogP contribution in [0.1, 0.15) is 84.5 Å². The van der Waals surface area contributed by atoms with Gasteiger partial charge in [0.2, 0.25) is 0 Å². The molecule has 0 radical (unpaired) electrons. The van der Waals surface area contributed by atoms with E-state index in [1.165, 1.54) is 64.2 Å². The van der Waals surface area contributed by atoms with Crippen molar-refractivity contribution in [2.45, 2.75) is 96.6 Å². The van der Waals surface area contributed by atoms with Gasteiger partial charge in [0.15, 0.2) is 0 Å². The lowest BCUT2D eigenvalue weighted by molar-refractivity contribution is 0.0420. The highest BCUT2D eigenvalue weighted by Crippen LogP contribution is 2.33. The first-order valence-corrected chi connectivity index (χ1v) is 9.60. The van der Waals surface area contributed by atoms with Gasteiger partial charge in [-0.15, -0.1) is 0 Å². The van der Waals surface area contributed by atoms with E-state index in [2.05, 4.69) is 19.2 Å². The van der Waals surface area contributed by atoms with Gasteiger partial charge in [0.25, 0.3) is 0 Å². The minimum Gasteiger partial charge on any atom is -0.393 e. The lowest BCUT2D eigenvalue weighted by Gasteiger charge is -2.38. The second-order valence-electron chi connectivity index (χ2n) is 7.88. The first kappa shape index (κ1) is 17.3. The van der Waals surface area contributed by atoms with Crippen LogP contribution in [-0.4, -0.2) is 23.8 Å². The van der Waals surface area contributed by atoms with Crippen LogP contribution in [0.2, 0.25) is 0 Å². The summed E-state index contributed by atoms with van der Waals surface area (Å²) in [6.45, 7) is 5.77. The van der Waals surface area contributed by atoms with Crippen LogP contribution in [0.3, 0.4) is 0 Å². The largest absolute Gasteiger partial charge is 0.393 e. The molecule has 124 valence electrons. The standard InChI is InChI=1S/C19H37NO/c1-15(2)18-13-12-16(14-20-18)17-10-8-6-4-3-5-7-9-11-19(17)21/h15-21H,3-14H2,1-2H3. The average Bonchev–Trinajstić information content (AvgIpc) is 2.53.